The quantitative estimate of drug-likeness (QED) is 0.154. The van der Waals surface area contributed by atoms with Gasteiger partial charge in [-0.15, -0.1) is 0 Å². The summed E-state index contributed by atoms with van der Waals surface area (Å²) in [4.78, 5) is 9.66. The number of benzene rings is 12. The summed E-state index contributed by atoms with van der Waals surface area (Å²) in [5.74, 6) is 0. The normalized spacial score (nSPS) is 12.7. The van der Waals surface area contributed by atoms with Crippen LogP contribution in [0.15, 0.2) is 267 Å². The maximum absolute atomic E-state index is 2.44. The molecule has 4 nitrogen and oxygen atoms in total. The first-order valence-electron chi connectivity index (χ1n) is 24.0. The molecule has 0 bridgehead atoms. The average molecular weight is 893 g/mol. The molecule has 0 amide bonds. The molecule has 0 saturated heterocycles. The number of nitrogens with zero attached hydrogens (tertiary/aromatic N) is 4. The number of para-hydroxylation sites is 8. The molecule has 0 aromatic heterocycles. The molecule has 0 saturated carbocycles. The molecule has 70 heavy (non-hydrogen) atoms. The van der Waals surface area contributed by atoms with Crippen LogP contribution in [0.5, 0.6) is 0 Å². The molecule has 14 rings (SSSR count). The molecule has 4 heteroatoms. The fraction of sp³-hybridized carbons (Fsp3) is 0. The van der Waals surface area contributed by atoms with E-state index in [0.717, 1.165) is 79.4 Å². The lowest BCUT2D eigenvalue weighted by molar-refractivity contribution is 1.17. The zero-order valence-corrected chi connectivity index (χ0v) is 38.2. The fourth-order valence-corrected chi connectivity index (χ4v) is 11.2. The van der Waals surface area contributed by atoms with Gasteiger partial charge in [0.05, 0.1) is 45.5 Å². The topological polar surface area (TPSA) is 13.0 Å². The Hall–Kier alpha value is -9.38. The van der Waals surface area contributed by atoms with Crippen LogP contribution in [0.2, 0.25) is 0 Å². The van der Waals surface area contributed by atoms with Gasteiger partial charge in [-0.25, -0.2) is 0 Å². The Bertz CT molecular complexity index is 3710. The van der Waals surface area contributed by atoms with E-state index < -0.39 is 0 Å². The molecule has 2 heterocycles. The Morgan fingerprint density at radius 3 is 0.814 bits per heavy atom. The molecule has 0 N–H and O–H groups in total. The van der Waals surface area contributed by atoms with E-state index in [9.17, 15) is 0 Å². The van der Waals surface area contributed by atoms with E-state index in [0.29, 0.717) is 0 Å². The zero-order chi connectivity index (χ0) is 46.1. The summed E-state index contributed by atoms with van der Waals surface area (Å²) in [6, 6.07) is 97.4. The van der Waals surface area contributed by atoms with Crippen LogP contribution in [-0.2, 0) is 0 Å². The molecule has 0 spiro atoms. The van der Waals surface area contributed by atoms with Gasteiger partial charge in [-0.3, -0.25) is 0 Å². The van der Waals surface area contributed by atoms with Crippen molar-refractivity contribution in [2.75, 3.05) is 19.6 Å². The minimum absolute atomic E-state index is 1.12. The smallest absolute Gasteiger partial charge is 0.0709 e. The van der Waals surface area contributed by atoms with Gasteiger partial charge in [-0.1, -0.05) is 158 Å². The maximum Gasteiger partial charge on any atom is 0.0709 e. The number of rotatable bonds is 6. The Labute approximate surface area is 407 Å². The molecular weight excluding hydrogens is 849 g/mol. The van der Waals surface area contributed by atoms with E-state index >= 15 is 0 Å². The first-order valence-corrected chi connectivity index (χ1v) is 24.0. The third-order valence-electron chi connectivity index (χ3n) is 14.2. The van der Waals surface area contributed by atoms with Crippen molar-refractivity contribution in [3.63, 3.8) is 0 Å². The highest BCUT2D eigenvalue weighted by molar-refractivity contribution is 6.26. The van der Waals surface area contributed by atoms with Gasteiger partial charge in [-0.05, 0) is 164 Å². The highest BCUT2D eigenvalue weighted by Crippen LogP contribution is 2.57. The second-order valence-electron chi connectivity index (χ2n) is 18.1. The van der Waals surface area contributed by atoms with Gasteiger partial charge < -0.3 is 19.6 Å². The molecule has 12 aromatic rings. The predicted octanol–water partition coefficient (Wildman–Crippen LogP) is 19.0. The molecule has 0 aliphatic carbocycles. The van der Waals surface area contributed by atoms with E-state index in [4.69, 9.17) is 0 Å². The van der Waals surface area contributed by atoms with Crippen molar-refractivity contribution in [1.82, 2.24) is 0 Å². The lowest BCUT2D eigenvalue weighted by Crippen LogP contribution is -2.24. The van der Waals surface area contributed by atoms with Crippen molar-refractivity contribution in [1.29, 1.82) is 0 Å². The molecule has 0 radical (unpaired) electrons. The van der Waals surface area contributed by atoms with Gasteiger partial charge in [0.2, 0.25) is 0 Å². The summed E-state index contributed by atoms with van der Waals surface area (Å²) < 4.78 is 0. The molecule has 328 valence electrons. The van der Waals surface area contributed by atoms with Gasteiger partial charge in [0.15, 0.2) is 0 Å². The van der Waals surface area contributed by atoms with E-state index in [1.54, 1.807) is 0 Å². The van der Waals surface area contributed by atoms with Gasteiger partial charge in [0.1, 0.15) is 0 Å². The van der Waals surface area contributed by atoms with Crippen LogP contribution in [-0.4, -0.2) is 0 Å². The van der Waals surface area contributed by atoms with Crippen molar-refractivity contribution < 1.29 is 0 Å². The van der Waals surface area contributed by atoms with Crippen molar-refractivity contribution in [2.24, 2.45) is 0 Å². The average Bonchev–Trinajstić information content (AvgIpc) is 3.43. The van der Waals surface area contributed by atoms with Crippen molar-refractivity contribution in [2.45, 2.75) is 0 Å². The second kappa shape index (κ2) is 16.2. The van der Waals surface area contributed by atoms with Crippen LogP contribution in [0.3, 0.4) is 0 Å². The molecule has 0 unspecified atom stereocenters. The van der Waals surface area contributed by atoms with E-state index in [1.807, 2.05) is 0 Å². The molecule has 12 aromatic carbocycles. The Morgan fingerprint density at radius 1 is 0.200 bits per heavy atom. The largest absolute Gasteiger partial charge is 0.306 e. The number of hydrogen-bond donors (Lipinski definition) is 0. The van der Waals surface area contributed by atoms with Crippen LogP contribution in [0, 0.1) is 0 Å². The van der Waals surface area contributed by atoms with Crippen LogP contribution in [0.4, 0.5) is 68.2 Å². The van der Waals surface area contributed by atoms with Crippen LogP contribution >= 0.6 is 0 Å². The number of hydrogen-bond acceptors (Lipinski definition) is 4. The standard InChI is InChI=1S/C66H44N4/c1-5-21-48(22-6-1)67-58-33-17-19-35-60(58)69(50-25-9-3-10-26-50)64-43-45(37-39-62(64)67)56-41-47-42-57(53-30-14-16-32-55(53)66(47)54-31-15-13-29-52(54)56)46-38-40-63-65(44-46)70(51-27-11-4-12-28-51)61-36-20-18-34-59(61)68(63)49-23-7-2-8-24-49/h1-44H. The minimum Gasteiger partial charge on any atom is -0.306 e. The van der Waals surface area contributed by atoms with Gasteiger partial charge in [0, 0.05) is 22.7 Å². The first-order chi connectivity index (χ1) is 34.8. The van der Waals surface area contributed by atoms with Crippen molar-refractivity contribution in [3.05, 3.63) is 267 Å². The Kier molecular flexibility index (Phi) is 9.17. The SMILES string of the molecule is c1ccc(N2c3ccccc3N(c3ccccc3)c3cc(-c4cc5cc(-c6ccc7c(c6)N(c6ccccc6)c6ccccc6N7c6ccccc6)c6ccccc6c5c5ccccc45)ccc32)cc1. The number of fused-ring (bicyclic) bond motifs is 9. The zero-order valence-electron chi connectivity index (χ0n) is 38.2. The van der Waals surface area contributed by atoms with Crippen LogP contribution in [0.1, 0.15) is 0 Å². The third kappa shape index (κ3) is 6.24. The van der Waals surface area contributed by atoms with Crippen molar-refractivity contribution in [3.8, 4) is 22.3 Å². The van der Waals surface area contributed by atoms with Crippen LogP contribution in [0.25, 0.3) is 54.6 Å². The predicted molar refractivity (Wildman–Crippen MR) is 296 cm³/mol. The first kappa shape index (κ1) is 39.8. The monoisotopic (exact) mass is 892 g/mol. The highest BCUT2D eigenvalue weighted by Gasteiger charge is 2.33. The van der Waals surface area contributed by atoms with Crippen molar-refractivity contribution >= 4 is 101 Å². The number of anilines is 12. The summed E-state index contributed by atoms with van der Waals surface area (Å²) in [6.45, 7) is 0. The summed E-state index contributed by atoms with van der Waals surface area (Å²) in [5.41, 5.74) is 18.2. The fourth-order valence-electron chi connectivity index (χ4n) is 11.2. The summed E-state index contributed by atoms with van der Waals surface area (Å²) in [7, 11) is 0. The lowest BCUT2D eigenvalue weighted by Gasteiger charge is -2.40. The Morgan fingerprint density at radius 2 is 0.471 bits per heavy atom. The summed E-state index contributed by atoms with van der Waals surface area (Å²) >= 11 is 0. The van der Waals surface area contributed by atoms with Crippen LogP contribution < -0.4 is 19.6 Å². The van der Waals surface area contributed by atoms with Gasteiger partial charge in [-0.2, -0.15) is 0 Å². The molecular formula is C66H44N4. The van der Waals surface area contributed by atoms with E-state index in [-0.39, 0.29) is 0 Å². The van der Waals surface area contributed by atoms with E-state index in [2.05, 4.69) is 287 Å². The molecule has 2 aliphatic heterocycles. The molecule has 0 fully saturated rings. The highest BCUT2D eigenvalue weighted by atomic mass is 15.3. The minimum atomic E-state index is 1.12. The molecule has 0 atom stereocenters. The van der Waals surface area contributed by atoms with Gasteiger partial charge >= 0.3 is 0 Å². The summed E-state index contributed by atoms with van der Waals surface area (Å²) in [6.07, 6.45) is 0. The van der Waals surface area contributed by atoms with E-state index in [1.165, 1.54) is 43.4 Å². The Balaban J connectivity index is 0.994. The molecule has 2 aliphatic rings. The third-order valence-corrected chi connectivity index (χ3v) is 14.2. The summed E-state index contributed by atoms with van der Waals surface area (Å²) in [5, 5.41) is 7.39. The van der Waals surface area contributed by atoms with Gasteiger partial charge in [0.25, 0.3) is 0 Å². The lowest BCUT2D eigenvalue weighted by atomic mass is 9.87. The maximum atomic E-state index is 2.44. The second-order valence-corrected chi connectivity index (χ2v) is 18.1.